The first-order valence-electron chi connectivity index (χ1n) is 9.79. The van der Waals surface area contributed by atoms with Crippen LogP contribution in [0.3, 0.4) is 0 Å². The third kappa shape index (κ3) is 3.99. The second-order valence-electron chi connectivity index (χ2n) is 7.49. The van der Waals surface area contributed by atoms with Gasteiger partial charge < -0.3 is 4.90 Å². The van der Waals surface area contributed by atoms with Gasteiger partial charge in [0.25, 0.3) is 0 Å². The summed E-state index contributed by atoms with van der Waals surface area (Å²) in [6.07, 6.45) is 5.07. The number of likely N-dealkylation sites (tertiary alicyclic amines) is 1. The Kier molecular flexibility index (Phi) is 5.80. The maximum absolute atomic E-state index is 13.0. The predicted octanol–water partition coefficient (Wildman–Crippen LogP) is 2.95. The molecule has 3 heterocycles. The molecule has 0 aliphatic carbocycles. The standard InChI is InChI=1S/C20H25N3O3S2/c24-20(22-11-4-5-17(15-22)19-21-10-14-27-19)16-8-12-23(13-9-16)28(25,26)18-6-2-1-3-7-18/h1-3,6-7,10,14,16-17H,4-5,8-9,11-13,15H2. The molecule has 2 aliphatic rings. The van der Waals surface area contributed by atoms with E-state index in [1.807, 2.05) is 22.5 Å². The van der Waals surface area contributed by atoms with Crippen molar-refractivity contribution in [1.82, 2.24) is 14.2 Å². The van der Waals surface area contributed by atoms with Crippen molar-refractivity contribution >= 4 is 27.3 Å². The minimum absolute atomic E-state index is 0.0859. The van der Waals surface area contributed by atoms with E-state index in [9.17, 15) is 13.2 Å². The summed E-state index contributed by atoms with van der Waals surface area (Å²) in [6, 6.07) is 8.52. The minimum Gasteiger partial charge on any atom is -0.342 e. The molecule has 0 saturated carbocycles. The van der Waals surface area contributed by atoms with E-state index in [0.717, 1.165) is 30.9 Å². The Labute approximate surface area is 170 Å². The highest BCUT2D eigenvalue weighted by molar-refractivity contribution is 7.89. The van der Waals surface area contributed by atoms with Crippen LogP contribution < -0.4 is 0 Å². The average molecular weight is 420 g/mol. The van der Waals surface area contributed by atoms with Gasteiger partial charge in [0.1, 0.15) is 0 Å². The highest BCUT2D eigenvalue weighted by Crippen LogP contribution is 2.31. The molecule has 1 amide bonds. The first-order valence-corrected chi connectivity index (χ1v) is 12.1. The monoisotopic (exact) mass is 419 g/mol. The van der Waals surface area contributed by atoms with Crippen molar-refractivity contribution in [2.45, 2.75) is 36.5 Å². The molecule has 1 unspecified atom stereocenters. The average Bonchev–Trinajstić information content (AvgIpc) is 3.29. The second-order valence-corrected chi connectivity index (χ2v) is 10.3. The lowest BCUT2D eigenvalue weighted by molar-refractivity contribution is -0.138. The van der Waals surface area contributed by atoms with Gasteiger partial charge >= 0.3 is 0 Å². The fourth-order valence-electron chi connectivity index (χ4n) is 4.16. The summed E-state index contributed by atoms with van der Waals surface area (Å²) in [6.45, 7) is 2.33. The van der Waals surface area contributed by atoms with E-state index in [2.05, 4.69) is 4.98 Å². The Morgan fingerprint density at radius 1 is 1.07 bits per heavy atom. The van der Waals surface area contributed by atoms with E-state index in [0.29, 0.717) is 36.7 Å². The van der Waals surface area contributed by atoms with Gasteiger partial charge in [-0.1, -0.05) is 18.2 Å². The molecule has 8 heteroatoms. The molecule has 1 atom stereocenters. The van der Waals surface area contributed by atoms with Gasteiger partial charge in [0.05, 0.1) is 9.90 Å². The van der Waals surface area contributed by atoms with E-state index in [1.54, 1.807) is 35.6 Å². The molecule has 28 heavy (non-hydrogen) atoms. The van der Waals surface area contributed by atoms with Gasteiger partial charge in [-0.05, 0) is 37.8 Å². The van der Waals surface area contributed by atoms with Crippen molar-refractivity contribution in [1.29, 1.82) is 0 Å². The largest absolute Gasteiger partial charge is 0.342 e. The summed E-state index contributed by atoms with van der Waals surface area (Å²) >= 11 is 1.66. The van der Waals surface area contributed by atoms with Crippen molar-refractivity contribution in [3.63, 3.8) is 0 Å². The normalized spacial score (nSPS) is 22.3. The van der Waals surface area contributed by atoms with E-state index >= 15 is 0 Å². The highest BCUT2D eigenvalue weighted by atomic mass is 32.2. The zero-order valence-corrected chi connectivity index (χ0v) is 17.4. The fraction of sp³-hybridized carbons (Fsp3) is 0.500. The number of piperidine rings is 2. The smallest absolute Gasteiger partial charge is 0.243 e. The van der Waals surface area contributed by atoms with Crippen LogP contribution in [0.1, 0.15) is 36.6 Å². The molecule has 2 fully saturated rings. The number of carbonyl (C=O) groups excluding carboxylic acids is 1. The summed E-state index contributed by atoms with van der Waals surface area (Å²) < 4.78 is 27.0. The number of hydrogen-bond acceptors (Lipinski definition) is 5. The maximum atomic E-state index is 13.0. The van der Waals surface area contributed by atoms with Gasteiger partial charge in [0.2, 0.25) is 15.9 Å². The number of nitrogens with zero attached hydrogens (tertiary/aromatic N) is 3. The molecule has 1 aromatic heterocycles. The molecule has 1 aromatic carbocycles. The number of amides is 1. The molecule has 0 N–H and O–H groups in total. The molecular weight excluding hydrogens is 394 g/mol. The van der Waals surface area contributed by atoms with Gasteiger partial charge in [-0.2, -0.15) is 4.31 Å². The van der Waals surface area contributed by atoms with Crippen LogP contribution in [0.15, 0.2) is 46.8 Å². The Morgan fingerprint density at radius 2 is 1.82 bits per heavy atom. The number of benzene rings is 1. The van der Waals surface area contributed by atoms with Crippen molar-refractivity contribution in [3.05, 3.63) is 46.9 Å². The van der Waals surface area contributed by atoms with Crippen LogP contribution in [0.5, 0.6) is 0 Å². The molecule has 0 spiro atoms. The lowest BCUT2D eigenvalue weighted by atomic mass is 9.93. The summed E-state index contributed by atoms with van der Waals surface area (Å²) in [5.41, 5.74) is 0. The lowest BCUT2D eigenvalue weighted by Gasteiger charge is -2.37. The molecule has 150 valence electrons. The number of aromatic nitrogens is 1. The van der Waals surface area contributed by atoms with Crippen LogP contribution >= 0.6 is 11.3 Å². The predicted molar refractivity (Wildman–Crippen MR) is 109 cm³/mol. The minimum atomic E-state index is -3.47. The Balaban J connectivity index is 1.36. The number of thiazole rings is 1. The van der Waals surface area contributed by atoms with Crippen molar-refractivity contribution in [2.75, 3.05) is 26.2 Å². The molecule has 6 nitrogen and oxygen atoms in total. The molecule has 0 radical (unpaired) electrons. The van der Waals surface area contributed by atoms with E-state index < -0.39 is 10.0 Å². The number of carbonyl (C=O) groups is 1. The van der Waals surface area contributed by atoms with Gasteiger partial charge in [-0.15, -0.1) is 11.3 Å². The third-order valence-corrected chi connectivity index (χ3v) is 8.57. The Morgan fingerprint density at radius 3 is 2.50 bits per heavy atom. The maximum Gasteiger partial charge on any atom is 0.243 e. The zero-order chi connectivity index (χ0) is 19.6. The molecule has 2 aliphatic heterocycles. The molecule has 2 aromatic rings. The van der Waals surface area contributed by atoms with Crippen molar-refractivity contribution < 1.29 is 13.2 Å². The SMILES string of the molecule is O=C(C1CCN(S(=O)(=O)c2ccccc2)CC1)N1CCCC(c2nccs2)C1. The first-order chi connectivity index (χ1) is 13.6. The molecule has 0 bridgehead atoms. The van der Waals surface area contributed by atoms with Crippen molar-refractivity contribution in [3.8, 4) is 0 Å². The summed E-state index contributed by atoms with van der Waals surface area (Å²) in [5, 5.41) is 3.10. The number of hydrogen-bond donors (Lipinski definition) is 0. The summed E-state index contributed by atoms with van der Waals surface area (Å²) in [5.74, 6) is 0.423. The van der Waals surface area contributed by atoms with Crippen LogP contribution in [0.2, 0.25) is 0 Å². The topological polar surface area (TPSA) is 70.6 Å². The first kappa shape index (κ1) is 19.5. The molecule has 2 saturated heterocycles. The van der Waals surface area contributed by atoms with Gasteiger partial charge in [0, 0.05) is 49.6 Å². The fourth-order valence-corrected chi connectivity index (χ4v) is 6.42. The van der Waals surface area contributed by atoms with E-state index in [-0.39, 0.29) is 11.8 Å². The van der Waals surface area contributed by atoms with Gasteiger partial charge in [-0.3, -0.25) is 4.79 Å². The van der Waals surface area contributed by atoms with Crippen LogP contribution in [-0.2, 0) is 14.8 Å². The van der Waals surface area contributed by atoms with Gasteiger partial charge in [-0.25, -0.2) is 13.4 Å². The van der Waals surface area contributed by atoms with Crippen LogP contribution in [0.25, 0.3) is 0 Å². The summed E-state index contributed by atoms with van der Waals surface area (Å²) in [4.78, 5) is 19.7. The molecular formula is C20H25N3O3S2. The highest BCUT2D eigenvalue weighted by Gasteiger charge is 2.35. The Hall–Kier alpha value is -1.77. The van der Waals surface area contributed by atoms with E-state index in [1.165, 1.54) is 4.31 Å². The molecule has 4 rings (SSSR count). The number of sulfonamides is 1. The lowest BCUT2D eigenvalue weighted by Crippen LogP contribution is -2.46. The van der Waals surface area contributed by atoms with Crippen LogP contribution in [0.4, 0.5) is 0 Å². The second kappa shape index (κ2) is 8.31. The quantitative estimate of drug-likeness (QED) is 0.764. The Bertz CT molecular complexity index is 892. The third-order valence-electron chi connectivity index (χ3n) is 5.72. The number of rotatable bonds is 4. The van der Waals surface area contributed by atoms with Gasteiger partial charge in [0.15, 0.2) is 0 Å². The summed E-state index contributed by atoms with van der Waals surface area (Å²) in [7, 11) is -3.47. The zero-order valence-electron chi connectivity index (χ0n) is 15.7. The van der Waals surface area contributed by atoms with E-state index in [4.69, 9.17) is 0 Å². The van der Waals surface area contributed by atoms with Crippen LogP contribution in [0, 0.1) is 5.92 Å². The van der Waals surface area contributed by atoms with Crippen molar-refractivity contribution in [2.24, 2.45) is 5.92 Å². The van der Waals surface area contributed by atoms with Crippen LogP contribution in [-0.4, -0.2) is 54.7 Å².